The minimum Gasteiger partial charge on any atom is -0.353 e. The number of piperidine rings is 1. The molecule has 0 aliphatic carbocycles. The molecule has 1 aliphatic rings. The second kappa shape index (κ2) is 6.65. The number of para-hydroxylation sites is 2. The molecule has 1 fully saturated rings. The minimum absolute atomic E-state index is 0.479. The van der Waals surface area contributed by atoms with Crippen molar-refractivity contribution in [2.75, 3.05) is 11.9 Å². The van der Waals surface area contributed by atoms with E-state index in [-0.39, 0.29) is 0 Å². The van der Waals surface area contributed by atoms with Gasteiger partial charge in [-0.2, -0.15) is 0 Å². The third-order valence-corrected chi connectivity index (χ3v) is 4.97. The van der Waals surface area contributed by atoms with E-state index >= 15 is 0 Å². The van der Waals surface area contributed by atoms with Gasteiger partial charge >= 0.3 is 0 Å². The Morgan fingerprint density at radius 2 is 1.92 bits per heavy atom. The molecule has 24 heavy (non-hydrogen) atoms. The normalized spacial score (nSPS) is 21.9. The summed E-state index contributed by atoms with van der Waals surface area (Å²) in [4.78, 5) is 10.6. The van der Waals surface area contributed by atoms with Gasteiger partial charge in [0.15, 0.2) is 0 Å². The number of hydrogen-bond acceptors (Lipinski definition) is 3. The van der Waals surface area contributed by atoms with Crippen molar-refractivity contribution in [2.45, 2.75) is 38.4 Å². The molecule has 3 aromatic rings. The Hall–Kier alpha value is -2.33. The van der Waals surface area contributed by atoms with E-state index in [4.69, 9.17) is 0 Å². The lowest BCUT2D eigenvalue weighted by molar-refractivity contribution is 0.144. The number of rotatable bonds is 4. The zero-order valence-electron chi connectivity index (χ0n) is 14.1. The molecule has 124 valence electrons. The van der Waals surface area contributed by atoms with E-state index < -0.39 is 0 Å². The Morgan fingerprint density at radius 1 is 1.12 bits per heavy atom. The van der Waals surface area contributed by atoms with Gasteiger partial charge in [-0.05, 0) is 37.5 Å². The Morgan fingerprint density at radius 3 is 2.71 bits per heavy atom. The van der Waals surface area contributed by atoms with Gasteiger partial charge in [-0.3, -0.25) is 4.90 Å². The maximum Gasteiger partial charge on any atom is 0.201 e. The van der Waals surface area contributed by atoms with E-state index in [1.54, 1.807) is 0 Å². The number of nitrogens with zero attached hydrogens (tertiary/aromatic N) is 2. The van der Waals surface area contributed by atoms with Crippen molar-refractivity contribution in [2.24, 2.45) is 0 Å². The van der Waals surface area contributed by atoms with Gasteiger partial charge in [0.05, 0.1) is 11.0 Å². The number of imidazole rings is 1. The van der Waals surface area contributed by atoms with Crippen LogP contribution in [0.2, 0.25) is 0 Å². The summed E-state index contributed by atoms with van der Waals surface area (Å²) in [6.45, 7) is 4.49. The quantitative estimate of drug-likeness (QED) is 0.763. The van der Waals surface area contributed by atoms with Gasteiger partial charge in [-0.25, -0.2) is 4.98 Å². The summed E-state index contributed by atoms with van der Waals surface area (Å²) >= 11 is 0. The molecule has 2 atom stereocenters. The van der Waals surface area contributed by atoms with E-state index in [0.717, 1.165) is 42.9 Å². The third kappa shape index (κ3) is 3.29. The molecule has 4 nitrogen and oxygen atoms in total. The highest BCUT2D eigenvalue weighted by molar-refractivity contribution is 5.77. The van der Waals surface area contributed by atoms with Gasteiger partial charge in [0.25, 0.3) is 0 Å². The predicted molar refractivity (Wildman–Crippen MR) is 99.1 cm³/mol. The van der Waals surface area contributed by atoms with E-state index in [2.05, 4.69) is 63.5 Å². The fourth-order valence-corrected chi connectivity index (χ4v) is 3.62. The molecule has 0 bridgehead atoms. The highest BCUT2D eigenvalue weighted by atomic mass is 15.2. The highest BCUT2D eigenvalue weighted by Crippen LogP contribution is 2.23. The van der Waals surface area contributed by atoms with Crippen LogP contribution in [-0.2, 0) is 6.54 Å². The number of likely N-dealkylation sites (tertiary alicyclic amines) is 1. The summed E-state index contributed by atoms with van der Waals surface area (Å²) in [6.07, 6.45) is 2.29. The lowest BCUT2D eigenvalue weighted by atomic mass is 9.97. The van der Waals surface area contributed by atoms with Gasteiger partial charge in [0.2, 0.25) is 5.95 Å². The van der Waals surface area contributed by atoms with Crippen LogP contribution in [0.3, 0.4) is 0 Å². The van der Waals surface area contributed by atoms with Crippen molar-refractivity contribution >= 4 is 17.0 Å². The topological polar surface area (TPSA) is 44.0 Å². The average Bonchev–Trinajstić information content (AvgIpc) is 3.00. The zero-order chi connectivity index (χ0) is 16.4. The second-order valence-electron chi connectivity index (χ2n) is 6.77. The second-order valence-corrected chi connectivity index (χ2v) is 6.77. The van der Waals surface area contributed by atoms with Crippen LogP contribution >= 0.6 is 0 Å². The van der Waals surface area contributed by atoms with Crippen LogP contribution in [0.5, 0.6) is 0 Å². The molecule has 4 heteroatoms. The molecule has 2 aromatic carbocycles. The minimum atomic E-state index is 0.479. The largest absolute Gasteiger partial charge is 0.353 e. The maximum atomic E-state index is 4.64. The number of anilines is 1. The zero-order valence-corrected chi connectivity index (χ0v) is 14.1. The molecular weight excluding hydrogens is 296 g/mol. The van der Waals surface area contributed by atoms with Crippen LogP contribution in [0.1, 0.15) is 25.3 Å². The summed E-state index contributed by atoms with van der Waals surface area (Å²) in [7, 11) is 0. The molecule has 2 N–H and O–H groups in total. The average molecular weight is 320 g/mol. The lowest BCUT2D eigenvalue weighted by Crippen LogP contribution is -2.44. The number of fused-ring (bicyclic) bond motifs is 1. The molecule has 0 radical (unpaired) electrons. The van der Waals surface area contributed by atoms with Gasteiger partial charge in [-0.15, -0.1) is 0 Å². The van der Waals surface area contributed by atoms with Crippen molar-refractivity contribution in [3.63, 3.8) is 0 Å². The number of hydrogen-bond donors (Lipinski definition) is 2. The van der Waals surface area contributed by atoms with Gasteiger partial charge in [-0.1, -0.05) is 42.5 Å². The third-order valence-electron chi connectivity index (χ3n) is 4.97. The first-order valence-electron chi connectivity index (χ1n) is 8.77. The first kappa shape index (κ1) is 15.2. The maximum absolute atomic E-state index is 4.64. The first-order chi connectivity index (χ1) is 11.8. The predicted octanol–water partition coefficient (Wildman–Crippen LogP) is 4.03. The lowest BCUT2D eigenvalue weighted by Gasteiger charge is -2.38. The molecule has 0 saturated carbocycles. The number of H-pyrrole nitrogens is 1. The highest BCUT2D eigenvalue weighted by Gasteiger charge is 2.25. The molecule has 2 heterocycles. The summed E-state index contributed by atoms with van der Waals surface area (Å²) in [5.41, 5.74) is 3.51. The number of benzene rings is 2. The number of aromatic nitrogens is 2. The van der Waals surface area contributed by atoms with Crippen molar-refractivity contribution in [3.05, 3.63) is 60.2 Å². The molecule has 1 aliphatic heterocycles. The summed E-state index contributed by atoms with van der Waals surface area (Å²) in [5, 5.41) is 3.59. The fraction of sp³-hybridized carbons (Fsp3) is 0.350. The number of nitrogens with one attached hydrogen (secondary N) is 2. The standard InChI is InChI=1S/C20H24N4/c1-15-13-17(11-12-24(15)14-16-7-3-2-4-8-16)21-20-22-18-9-5-6-10-19(18)23-20/h2-10,15,17H,11-14H2,1H3,(H2,21,22,23). The summed E-state index contributed by atoms with van der Waals surface area (Å²) in [5.74, 6) is 0.893. The van der Waals surface area contributed by atoms with Crippen LogP contribution in [0.25, 0.3) is 11.0 Å². The molecule has 2 unspecified atom stereocenters. The van der Waals surface area contributed by atoms with Crippen LogP contribution in [0.4, 0.5) is 5.95 Å². The summed E-state index contributed by atoms with van der Waals surface area (Å²) in [6, 6.07) is 20.0. The van der Waals surface area contributed by atoms with Crippen LogP contribution in [0.15, 0.2) is 54.6 Å². The van der Waals surface area contributed by atoms with Gasteiger partial charge in [0, 0.05) is 25.2 Å². The van der Waals surface area contributed by atoms with Crippen LogP contribution in [-0.4, -0.2) is 33.5 Å². The van der Waals surface area contributed by atoms with E-state index in [1.165, 1.54) is 5.56 Å². The monoisotopic (exact) mass is 320 g/mol. The Balaban J connectivity index is 1.37. The smallest absolute Gasteiger partial charge is 0.201 e. The summed E-state index contributed by atoms with van der Waals surface area (Å²) < 4.78 is 0. The van der Waals surface area contributed by atoms with E-state index in [1.807, 2.05) is 18.2 Å². The number of aromatic amines is 1. The molecule has 0 amide bonds. The first-order valence-corrected chi connectivity index (χ1v) is 8.77. The Labute approximate surface area is 142 Å². The SMILES string of the molecule is CC1CC(Nc2nc3ccccc3[nH]2)CCN1Cc1ccccc1. The molecule has 1 saturated heterocycles. The van der Waals surface area contributed by atoms with E-state index in [9.17, 15) is 0 Å². The Bertz CT molecular complexity index is 763. The molecular formula is C20H24N4. The van der Waals surface area contributed by atoms with Crippen molar-refractivity contribution in [3.8, 4) is 0 Å². The Kier molecular flexibility index (Phi) is 4.22. The van der Waals surface area contributed by atoms with Gasteiger partial charge < -0.3 is 10.3 Å². The van der Waals surface area contributed by atoms with Crippen molar-refractivity contribution < 1.29 is 0 Å². The van der Waals surface area contributed by atoms with Gasteiger partial charge in [0.1, 0.15) is 0 Å². The van der Waals surface area contributed by atoms with E-state index in [0.29, 0.717) is 12.1 Å². The van der Waals surface area contributed by atoms with Crippen molar-refractivity contribution in [1.82, 2.24) is 14.9 Å². The molecule has 1 aromatic heterocycles. The van der Waals surface area contributed by atoms with Crippen LogP contribution < -0.4 is 5.32 Å². The van der Waals surface area contributed by atoms with Crippen LogP contribution in [0, 0.1) is 0 Å². The van der Waals surface area contributed by atoms with Crippen molar-refractivity contribution in [1.29, 1.82) is 0 Å². The molecule has 0 spiro atoms. The molecule has 4 rings (SSSR count). The fourth-order valence-electron chi connectivity index (χ4n) is 3.62.